The minimum Gasteiger partial charge on any atom is -0.494 e. The summed E-state index contributed by atoms with van der Waals surface area (Å²) >= 11 is 3.49. The highest BCUT2D eigenvalue weighted by Crippen LogP contribution is 2.32. The third-order valence-electron chi connectivity index (χ3n) is 4.10. The first-order valence-electron chi connectivity index (χ1n) is 8.11. The van der Waals surface area contributed by atoms with Gasteiger partial charge in [0.25, 0.3) is 0 Å². The number of fused-ring (bicyclic) bond motifs is 1. The smallest absolute Gasteiger partial charge is 0.226 e. The molecular formula is C19H17BrN4O. The van der Waals surface area contributed by atoms with Gasteiger partial charge >= 0.3 is 0 Å². The fraction of sp³-hybridized carbons (Fsp3) is 0.158. The molecule has 5 nitrogen and oxygen atoms in total. The quantitative estimate of drug-likeness (QED) is 0.705. The van der Waals surface area contributed by atoms with Gasteiger partial charge in [0.1, 0.15) is 18.1 Å². The van der Waals surface area contributed by atoms with E-state index < -0.39 is 0 Å². The van der Waals surface area contributed by atoms with Gasteiger partial charge in [0.05, 0.1) is 6.61 Å². The van der Waals surface area contributed by atoms with E-state index in [9.17, 15) is 0 Å². The lowest BCUT2D eigenvalue weighted by molar-refractivity contribution is 0.340. The molecule has 1 aliphatic rings. The summed E-state index contributed by atoms with van der Waals surface area (Å²) in [5.41, 5.74) is 3.25. The second-order valence-electron chi connectivity index (χ2n) is 5.69. The van der Waals surface area contributed by atoms with Crippen molar-refractivity contribution < 1.29 is 4.74 Å². The van der Waals surface area contributed by atoms with Crippen molar-refractivity contribution in [3.8, 4) is 5.75 Å². The molecule has 4 rings (SSSR count). The summed E-state index contributed by atoms with van der Waals surface area (Å²) in [6, 6.07) is 16.3. The lowest BCUT2D eigenvalue weighted by atomic mass is 10.0. The number of hydrogen-bond acceptors (Lipinski definition) is 4. The van der Waals surface area contributed by atoms with Crippen molar-refractivity contribution in [2.45, 2.75) is 13.0 Å². The molecule has 126 valence electrons. The number of anilines is 1. The summed E-state index contributed by atoms with van der Waals surface area (Å²) in [6.07, 6.45) is 3.74. The number of benzene rings is 2. The van der Waals surface area contributed by atoms with Gasteiger partial charge in [-0.25, -0.2) is 4.68 Å². The van der Waals surface area contributed by atoms with Crippen molar-refractivity contribution in [3.63, 3.8) is 0 Å². The molecule has 25 heavy (non-hydrogen) atoms. The molecule has 0 spiro atoms. The highest BCUT2D eigenvalue weighted by Gasteiger charge is 2.23. The van der Waals surface area contributed by atoms with Gasteiger partial charge in [-0.2, -0.15) is 10.1 Å². The second-order valence-corrected chi connectivity index (χ2v) is 6.60. The maximum atomic E-state index is 5.52. The number of ether oxygens (including phenoxy) is 1. The van der Waals surface area contributed by atoms with Crippen LogP contribution in [0.25, 0.3) is 5.70 Å². The highest BCUT2D eigenvalue weighted by molar-refractivity contribution is 9.10. The molecule has 1 N–H and O–H groups in total. The van der Waals surface area contributed by atoms with Crippen LogP contribution in [0.1, 0.15) is 24.1 Å². The molecule has 0 radical (unpaired) electrons. The normalized spacial score (nSPS) is 15.9. The Bertz CT molecular complexity index is 900. The average Bonchev–Trinajstić information content (AvgIpc) is 3.11. The largest absolute Gasteiger partial charge is 0.494 e. The highest BCUT2D eigenvalue weighted by atomic mass is 79.9. The summed E-state index contributed by atoms with van der Waals surface area (Å²) in [5, 5.41) is 7.73. The molecule has 1 aromatic heterocycles. The minimum atomic E-state index is -0.00609. The number of halogens is 1. The van der Waals surface area contributed by atoms with Crippen LogP contribution in [-0.2, 0) is 0 Å². The van der Waals surface area contributed by atoms with E-state index >= 15 is 0 Å². The third kappa shape index (κ3) is 3.17. The van der Waals surface area contributed by atoms with Gasteiger partial charge in [-0.05, 0) is 60.5 Å². The Morgan fingerprint density at radius 3 is 2.60 bits per heavy atom. The number of hydrogen-bond donors (Lipinski definition) is 1. The predicted octanol–water partition coefficient (Wildman–Crippen LogP) is 4.50. The fourth-order valence-corrected chi connectivity index (χ4v) is 3.16. The molecule has 6 heteroatoms. The molecule has 2 aromatic carbocycles. The molecule has 0 bridgehead atoms. The van der Waals surface area contributed by atoms with Crippen LogP contribution >= 0.6 is 15.9 Å². The first-order chi connectivity index (χ1) is 12.2. The molecule has 2 heterocycles. The van der Waals surface area contributed by atoms with Crippen molar-refractivity contribution >= 4 is 27.6 Å². The first-order valence-corrected chi connectivity index (χ1v) is 8.91. The molecule has 0 saturated heterocycles. The second kappa shape index (κ2) is 6.72. The molecule has 1 atom stereocenters. The third-order valence-corrected chi connectivity index (χ3v) is 4.62. The Kier molecular flexibility index (Phi) is 4.28. The van der Waals surface area contributed by atoms with Crippen LogP contribution in [0.2, 0.25) is 0 Å². The monoisotopic (exact) mass is 396 g/mol. The number of aromatic nitrogens is 3. The summed E-state index contributed by atoms with van der Waals surface area (Å²) in [5.74, 6) is 1.61. The summed E-state index contributed by atoms with van der Waals surface area (Å²) in [6.45, 7) is 2.64. The first kappa shape index (κ1) is 15.9. The lowest BCUT2D eigenvalue weighted by Crippen LogP contribution is -2.20. The molecule has 0 unspecified atom stereocenters. The molecular weight excluding hydrogens is 380 g/mol. The summed E-state index contributed by atoms with van der Waals surface area (Å²) < 4.78 is 8.47. The van der Waals surface area contributed by atoms with E-state index in [-0.39, 0.29) is 6.04 Å². The van der Waals surface area contributed by atoms with E-state index in [2.05, 4.69) is 61.7 Å². The van der Waals surface area contributed by atoms with Crippen LogP contribution < -0.4 is 10.1 Å². The van der Waals surface area contributed by atoms with Gasteiger partial charge in [0.2, 0.25) is 5.95 Å². The number of rotatable bonds is 4. The number of allylic oxidation sites excluding steroid dienone is 1. The van der Waals surface area contributed by atoms with E-state index in [1.807, 2.05) is 35.9 Å². The van der Waals surface area contributed by atoms with E-state index in [0.29, 0.717) is 6.61 Å². The Labute approximate surface area is 154 Å². The van der Waals surface area contributed by atoms with Crippen LogP contribution in [-0.4, -0.2) is 21.4 Å². The van der Waals surface area contributed by atoms with E-state index in [1.165, 1.54) is 0 Å². The molecule has 0 aliphatic carbocycles. The van der Waals surface area contributed by atoms with Gasteiger partial charge < -0.3 is 10.1 Å². The average molecular weight is 397 g/mol. The van der Waals surface area contributed by atoms with Crippen LogP contribution in [0.4, 0.5) is 5.95 Å². The van der Waals surface area contributed by atoms with E-state index in [4.69, 9.17) is 4.74 Å². The SMILES string of the molecule is CCOc1ccc(C2=C[C@@H](c3ccc(Br)cc3)n3ncnc3N2)cc1. The van der Waals surface area contributed by atoms with Crippen molar-refractivity contribution in [1.82, 2.24) is 14.8 Å². The lowest BCUT2D eigenvalue weighted by Gasteiger charge is -2.24. The van der Waals surface area contributed by atoms with Crippen molar-refractivity contribution in [2.24, 2.45) is 0 Å². The van der Waals surface area contributed by atoms with Crippen molar-refractivity contribution in [2.75, 3.05) is 11.9 Å². The topological polar surface area (TPSA) is 52.0 Å². The van der Waals surface area contributed by atoms with Gasteiger partial charge in [0, 0.05) is 10.2 Å². The van der Waals surface area contributed by atoms with Gasteiger partial charge in [-0.15, -0.1) is 0 Å². The van der Waals surface area contributed by atoms with Gasteiger partial charge in [-0.1, -0.05) is 28.1 Å². The van der Waals surface area contributed by atoms with Crippen LogP contribution in [0.15, 0.2) is 65.4 Å². The molecule has 0 amide bonds. The van der Waals surface area contributed by atoms with Crippen LogP contribution in [0, 0.1) is 0 Å². The zero-order chi connectivity index (χ0) is 17.2. The Hall–Kier alpha value is -2.60. The zero-order valence-electron chi connectivity index (χ0n) is 13.7. The summed E-state index contributed by atoms with van der Waals surface area (Å²) in [4.78, 5) is 4.34. The molecule has 0 fully saturated rings. The molecule has 0 saturated carbocycles. The Balaban J connectivity index is 1.72. The maximum absolute atomic E-state index is 5.52. The summed E-state index contributed by atoms with van der Waals surface area (Å²) in [7, 11) is 0. The van der Waals surface area contributed by atoms with Crippen LogP contribution in [0.3, 0.4) is 0 Å². The molecule has 1 aliphatic heterocycles. The predicted molar refractivity (Wildman–Crippen MR) is 102 cm³/mol. The fourth-order valence-electron chi connectivity index (χ4n) is 2.90. The molecule has 3 aromatic rings. The van der Waals surface area contributed by atoms with E-state index in [0.717, 1.165) is 33.0 Å². The van der Waals surface area contributed by atoms with Crippen LogP contribution in [0.5, 0.6) is 5.75 Å². The van der Waals surface area contributed by atoms with Gasteiger partial charge in [0.15, 0.2) is 0 Å². The van der Waals surface area contributed by atoms with Gasteiger partial charge in [-0.3, -0.25) is 0 Å². The standard InChI is InChI=1S/C19H17BrN4O/c1-2-25-16-9-5-13(6-10-16)17-11-18(14-3-7-15(20)8-4-14)24-19(23-17)21-12-22-24/h3-12,18H,2H2,1H3,(H,21,22,23)/t18-/m0/s1. The maximum Gasteiger partial charge on any atom is 0.226 e. The zero-order valence-corrected chi connectivity index (χ0v) is 15.3. The van der Waals surface area contributed by atoms with E-state index in [1.54, 1.807) is 6.33 Å². The number of nitrogens with one attached hydrogen (secondary N) is 1. The Morgan fingerprint density at radius 1 is 1.12 bits per heavy atom. The number of nitrogens with zero attached hydrogens (tertiary/aromatic N) is 3. The minimum absolute atomic E-state index is 0.00609. The van der Waals surface area contributed by atoms with Crippen molar-refractivity contribution in [1.29, 1.82) is 0 Å². The van der Waals surface area contributed by atoms with Crippen molar-refractivity contribution in [3.05, 3.63) is 76.5 Å². The Morgan fingerprint density at radius 2 is 1.88 bits per heavy atom.